The molecule has 3 rings (SSSR count). The van der Waals surface area contributed by atoms with Gasteiger partial charge in [-0.05, 0) is 11.6 Å². The molecule has 1 aliphatic heterocycles. The molecule has 1 amide bonds. The summed E-state index contributed by atoms with van der Waals surface area (Å²) in [6, 6.07) is 10.4. The molecule has 2 unspecified atom stereocenters. The SMILES string of the molecule is O=C1C(c2ccccc2)CC(O)N1c1cc([N+](=O)[O-])cc(C(F)(F)F)c1. The van der Waals surface area contributed by atoms with Crippen LogP contribution in [0.4, 0.5) is 24.5 Å². The molecule has 26 heavy (non-hydrogen) atoms. The average molecular weight is 366 g/mol. The van der Waals surface area contributed by atoms with Crippen LogP contribution in [0.25, 0.3) is 0 Å². The molecule has 0 saturated carbocycles. The largest absolute Gasteiger partial charge is 0.416 e. The first-order chi connectivity index (χ1) is 12.2. The molecule has 1 fully saturated rings. The predicted octanol–water partition coefficient (Wildman–Crippen LogP) is 3.45. The normalized spacial score (nSPS) is 20.5. The van der Waals surface area contributed by atoms with Crippen molar-refractivity contribution < 1.29 is 28.0 Å². The molecule has 1 saturated heterocycles. The molecule has 2 aromatic carbocycles. The highest BCUT2D eigenvalue weighted by Gasteiger charge is 2.42. The Labute approximate surface area is 145 Å². The quantitative estimate of drug-likeness (QED) is 0.666. The van der Waals surface area contributed by atoms with Crippen molar-refractivity contribution in [3.05, 3.63) is 69.8 Å². The number of hydrogen-bond acceptors (Lipinski definition) is 4. The number of halogens is 3. The summed E-state index contributed by atoms with van der Waals surface area (Å²) < 4.78 is 39.1. The standard InChI is InChI=1S/C17H13F3N2O4/c18-17(19,20)11-6-12(8-13(7-11)22(25)26)21-15(23)9-14(16(21)24)10-4-2-1-3-5-10/h1-8,14-15,23H,9H2. The number of carbonyl (C=O) groups is 1. The van der Waals surface area contributed by atoms with E-state index in [1.807, 2.05) is 0 Å². The summed E-state index contributed by atoms with van der Waals surface area (Å²) in [5.41, 5.74) is -1.81. The Balaban J connectivity index is 2.04. The van der Waals surface area contributed by atoms with Gasteiger partial charge in [0.2, 0.25) is 5.91 Å². The lowest BCUT2D eigenvalue weighted by Crippen LogP contribution is -2.33. The predicted molar refractivity (Wildman–Crippen MR) is 85.4 cm³/mol. The third-order valence-electron chi connectivity index (χ3n) is 4.20. The van der Waals surface area contributed by atoms with E-state index >= 15 is 0 Å². The monoisotopic (exact) mass is 366 g/mol. The summed E-state index contributed by atoms with van der Waals surface area (Å²) >= 11 is 0. The summed E-state index contributed by atoms with van der Waals surface area (Å²) in [6.45, 7) is 0. The van der Waals surface area contributed by atoms with E-state index in [0.29, 0.717) is 17.7 Å². The van der Waals surface area contributed by atoms with Crippen LogP contribution in [0.1, 0.15) is 23.5 Å². The summed E-state index contributed by atoms with van der Waals surface area (Å²) in [7, 11) is 0. The molecule has 136 valence electrons. The van der Waals surface area contributed by atoms with Gasteiger partial charge in [0.05, 0.1) is 22.1 Å². The maximum absolute atomic E-state index is 13.0. The lowest BCUT2D eigenvalue weighted by atomic mass is 9.97. The Kier molecular flexibility index (Phi) is 4.41. The summed E-state index contributed by atoms with van der Waals surface area (Å²) in [4.78, 5) is 23.4. The second-order valence-corrected chi connectivity index (χ2v) is 5.88. The minimum absolute atomic E-state index is 0.0209. The number of nitro benzene ring substituents is 1. The van der Waals surface area contributed by atoms with E-state index in [9.17, 15) is 33.2 Å². The number of alkyl halides is 3. The number of hydrogen-bond donors (Lipinski definition) is 1. The molecule has 0 bridgehead atoms. The molecule has 0 spiro atoms. The fourth-order valence-corrected chi connectivity index (χ4v) is 3.00. The average Bonchev–Trinajstić information content (AvgIpc) is 2.89. The van der Waals surface area contributed by atoms with Crippen LogP contribution in [0, 0.1) is 10.1 Å². The number of aliphatic hydroxyl groups excluding tert-OH is 1. The highest BCUT2D eigenvalue weighted by Crippen LogP contribution is 2.40. The smallest absolute Gasteiger partial charge is 0.373 e. The lowest BCUT2D eigenvalue weighted by Gasteiger charge is -2.21. The Morgan fingerprint density at radius 1 is 1.15 bits per heavy atom. The topological polar surface area (TPSA) is 83.7 Å². The lowest BCUT2D eigenvalue weighted by molar-refractivity contribution is -0.385. The van der Waals surface area contributed by atoms with E-state index in [0.717, 1.165) is 11.0 Å². The van der Waals surface area contributed by atoms with Crippen molar-refractivity contribution in [3.63, 3.8) is 0 Å². The number of nitro groups is 1. The highest BCUT2D eigenvalue weighted by molar-refractivity contribution is 6.01. The van der Waals surface area contributed by atoms with Crippen molar-refractivity contribution in [3.8, 4) is 0 Å². The molecule has 1 N–H and O–H groups in total. The number of nitrogens with zero attached hydrogens (tertiary/aromatic N) is 2. The third kappa shape index (κ3) is 3.25. The minimum Gasteiger partial charge on any atom is -0.373 e. The van der Waals surface area contributed by atoms with E-state index < -0.39 is 40.4 Å². The van der Waals surface area contributed by atoms with E-state index in [2.05, 4.69) is 0 Å². The number of benzene rings is 2. The van der Waals surface area contributed by atoms with Gasteiger partial charge in [0.15, 0.2) is 0 Å². The van der Waals surface area contributed by atoms with Gasteiger partial charge in [-0.15, -0.1) is 0 Å². The first kappa shape index (κ1) is 17.9. The van der Waals surface area contributed by atoms with Gasteiger partial charge in [0.25, 0.3) is 5.69 Å². The first-order valence-corrected chi connectivity index (χ1v) is 7.61. The summed E-state index contributed by atoms with van der Waals surface area (Å²) in [6.07, 6.45) is -6.23. The molecule has 2 aromatic rings. The number of aliphatic hydroxyl groups is 1. The van der Waals surface area contributed by atoms with Crippen LogP contribution in [0.3, 0.4) is 0 Å². The molecular formula is C17H13F3N2O4. The molecule has 0 aliphatic carbocycles. The number of anilines is 1. The molecule has 1 aliphatic rings. The van der Waals surface area contributed by atoms with Crippen molar-refractivity contribution in [2.75, 3.05) is 4.90 Å². The van der Waals surface area contributed by atoms with Crippen LogP contribution in [0.15, 0.2) is 48.5 Å². The fraction of sp³-hybridized carbons (Fsp3) is 0.235. The van der Waals surface area contributed by atoms with E-state index in [-0.39, 0.29) is 12.1 Å². The molecular weight excluding hydrogens is 353 g/mol. The summed E-state index contributed by atoms with van der Waals surface area (Å²) in [5, 5.41) is 21.2. The van der Waals surface area contributed by atoms with Gasteiger partial charge in [-0.1, -0.05) is 30.3 Å². The Bertz CT molecular complexity index is 855. The second kappa shape index (κ2) is 6.41. The maximum atomic E-state index is 13.0. The number of non-ortho nitro benzene ring substituents is 1. The van der Waals surface area contributed by atoms with Crippen molar-refractivity contribution in [2.45, 2.75) is 24.7 Å². The molecule has 6 nitrogen and oxygen atoms in total. The zero-order valence-corrected chi connectivity index (χ0v) is 13.2. The van der Waals surface area contributed by atoms with E-state index in [1.54, 1.807) is 30.3 Å². The molecule has 0 radical (unpaired) electrons. The third-order valence-corrected chi connectivity index (χ3v) is 4.20. The minimum atomic E-state index is -4.83. The van der Waals surface area contributed by atoms with Crippen LogP contribution in [-0.4, -0.2) is 22.2 Å². The molecule has 1 heterocycles. The first-order valence-electron chi connectivity index (χ1n) is 7.61. The highest BCUT2D eigenvalue weighted by atomic mass is 19.4. The van der Waals surface area contributed by atoms with Crippen LogP contribution in [0.5, 0.6) is 0 Å². The Morgan fingerprint density at radius 2 is 1.81 bits per heavy atom. The van der Waals surface area contributed by atoms with E-state index in [1.165, 1.54) is 0 Å². The Hall–Kier alpha value is -2.94. The summed E-state index contributed by atoms with van der Waals surface area (Å²) in [5.74, 6) is -1.35. The van der Waals surface area contributed by atoms with Gasteiger partial charge in [-0.2, -0.15) is 13.2 Å². The number of amides is 1. The van der Waals surface area contributed by atoms with Crippen molar-refractivity contribution in [1.82, 2.24) is 0 Å². The fourth-order valence-electron chi connectivity index (χ4n) is 3.00. The zero-order valence-electron chi connectivity index (χ0n) is 13.2. The number of carbonyl (C=O) groups excluding carboxylic acids is 1. The molecule has 9 heteroatoms. The molecule has 2 atom stereocenters. The van der Waals surface area contributed by atoms with Gasteiger partial charge in [0.1, 0.15) is 6.23 Å². The van der Waals surface area contributed by atoms with Crippen LogP contribution in [-0.2, 0) is 11.0 Å². The van der Waals surface area contributed by atoms with Gasteiger partial charge in [-0.25, -0.2) is 0 Å². The van der Waals surface area contributed by atoms with E-state index in [4.69, 9.17) is 0 Å². The van der Waals surface area contributed by atoms with Gasteiger partial charge in [-0.3, -0.25) is 19.8 Å². The van der Waals surface area contributed by atoms with Crippen molar-refractivity contribution in [1.29, 1.82) is 0 Å². The van der Waals surface area contributed by atoms with Crippen LogP contribution >= 0.6 is 0 Å². The van der Waals surface area contributed by atoms with Crippen LogP contribution < -0.4 is 4.90 Å². The van der Waals surface area contributed by atoms with Crippen molar-refractivity contribution in [2.24, 2.45) is 0 Å². The van der Waals surface area contributed by atoms with Gasteiger partial charge >= 0.3 is 6.18 Å². The second-order valence-electron chi connectivity index (χ2n) is 5.88. The molecule has 0 aromatic heterocycles. The number of rotatable bonds is 3. The Morgan fingerprint density at radius 3 is 2.38 bits per heavy atom. The maximum Gasteiger partial charge on any atom is 0.416 e. The van der Waals surface area contributed by atoms with Gasteiger partial charge in [0, 0.05) is 18.6 Å². The zero-order chi connectivity index (χ0) is 19.1. The van der Waals surface area contributed by atoms with Gasteiger partial charge < -0.3 is 5.11 Å². The van der Waals surface area contributed by atoms with Crippen LogP contribution in [0.2, 0.25) is 0 Å². The van der Waals surface area contributed by atoms with Crippen molar-refractivity contribution >= 4 is 17.3 Å².